The predicted octanol–water partition coefficient (Wildman–Crippen LogP) is 0.699. The van der Waals surface area contributed by atoms with Gasteiger partial charge in [-0.05, 0) is 5.92 Å². The fourth-order valence-electron chi connectivity index (χ4n) is 0.961. The van der Waals surface area contributed by atoms with E-state index in [0.717, 1.165) is 0 Å². The van der Waals surface area contributed by atoms with Crippen LogP contribution in [0.15, 0.2) is 12.4 Å². The number of nitrogens with zero attached hydrogens (tertiary/aromatic N) is 2. The molecule has 1 heterocycles. The van der Waals surface area contributed by atoms with E-state index in [-0.39, 0.29) is 11.6 Å². The Morgan fingerprint density at radius 1 is 1.42 bits per heavy atom. The maximum Gasteiger partial charge on any atom is 0.269 e. The number of carbonyl (C=O) groups excluding carboxylic acids is 1. The van der Waals surface area contributed by atoms with Gasteiger partial charge in [-0.25, -0.2) is 4.98 Å². The molecule has 0 bridgehead atoms. The SMILES string of the molecule is CC(C)c1nccnc1C(N)=O. The molecule has 2 N–H and O–H groups in total. The Bertz CT molecular complexity index is 296. The Labute approximate surface area is 70.8 Å². The third kappa shape index (κ3) is 1.58. The molecule has 4 heteroatoms. The highest BCUT2D eigenvalue weighted by atomic mass is 16.1. The largest absolute Gasteiger partial charge is 0.364 e. The summed E-state index contributed by atoms with van der Waals surface area (Å²) in [6.07, 6.45) is 3.02. The van der Waals surface area contributed by atoms with Crippen molar-refractivity contribution >= 4 is 5.91 Å². The van der Waals surface area contributed by atoms with Gasteiger partial charge in [-0.2, -0.15) is 0 Å². The summed E-state index contributed by atoms with van der Waals surface area (Å²) in [5.41, 5.74) is 6.04. The number of carbonyl (C=O) groups is 1. The second-order valence-corrected chi connectivity index (χ2v) is 2.81. The number of amides is 1. The molecule has 0 spiro atoms. The van der Waals surface area contributed by atoms with E-state index < -0.39 is 5.91 Å². The van der Waals surface area contributed by atoms with Crippen LogP contribution in [0, 0.1) is 0 Å². The molecule has 1 aromatic heterocycles. The number of hydrogen-bond donors (Lipinski definition) is 1. The van der Waals surface area contributed by atoms with Crippen LogP contribution >= 0.6 is 0 Å². The molecule has 4 nitrogen and oxygen atoms in total. The first-order valence-electron chi connectivity index (χ1n) is 3.73. The van der Waals surface area contributed by atoms with E-state index >= 15 is 0 Å². The first-order valence-corrected chi connectivity index (χ1v) is 3.73. The molecule has 1 aromatic rings. The van der Waals surface area contributed by atoms with Gasteiger partial charge in [0.25, 0.3) is 5.91 Å². The summed E-state index contributed by atoms with van der Waals surface area (Å²) in [5, 5.41) is 0. The Morgan fingerprint density at radius 3 is 2.42 bits per heavy atom. The van der Waals surface area contributed by atoms with Gasteiger partial charge in [0.2, 0.25) is 0 Å². The van der Waals surface area contributed by atoms with Crippen molar-refractivity contribution in [3.63, 3.8) is 0 Å². The van der Waals surface area contributed by atoms with Gasteiger partial charge in [-0.1, -0.05) is 13.8 Å². The highest BCUT2D eigenvalue weighted by Crippen LogP contribution is 2.13. The van der Waals surface area contributed by atoms with Gasteiger partial charge in [-0.15, -0.1) is 0 Å². The fourth-order valence-corrected chi connectivity index (χ4v) is 0.961. The molecule has 1 amide bonds. The van der Waals surface area contributed by atoms with Crippen LogP contribution in [0.5, 0.6) is 0 Å². The maximum atomic E-state index is 10.8. The average Bonchev–Trinajstić information content (AvgIpc) is 2.04. The predicted molar refractivity (Wildman–Crippen MR) is 44.6 cm³/mol. The molecule has 0 aliphatic heterocycles. The van der Waals surface area contributed by atoms with Gasteiger partial charge in [-0.3, -0.25) is 9.78 Å². The quantitative estimate of drug-likeness (QED) is 0.701. The number of primary amides is 1. The van der Waals surface area contributed by atoms with Crippen molar-refractivity contribution in [2.24, 2.45) is 5.73 Å². The number of rotatable bonds is 2. The summed E-state index contributed by atoms with van der Waals surface area (Å²) in [4.78, 5) is 18.7. The van der Waals surface area contributed by atoms with Gasteiger partial charge in [0.05, 0.1) is 5.69 Å². The molecule has 0 unspecified atom stereocenters. The first-order chi connectivity index (χ1) is 5.63. The Hall–Kier alpha value is -1.45. The molecule has 1 rings (SSSR count). The zero-order chi connectivity index (χ0) is 9.14. The first kappa shape index (κ1) is 8.64. The summed E-state index contributed by atoms with van der Waals surface area (Å²) < 4.78 is 0. The van der Waals surface area contributed by atoms with Crippen LogP contribution in [0.3, 0.4) is 0 Å². The van der Waals surface area contributed by atoms with E-state index in [1.165, 1.54) is 6.20 Å². The molecule has 0 aliphatic rings. The van der Waals surface area contributed by atoms with Crippen molar-refractivity contribution in [2.45, 2.75) is 19.8 Å². The number of hydrogen-bond acceptors (Lipinski definition) is 3. The summed E-state index contributed by atoms with van der Waals surface area (Å²) in [5.74, 6) is -0.354. The fraction of sp³-hybridized carbons (Fsp3) is 0.375. The average molecular weight is 165 g/mol. The lowest BCUT2D eigenvalue weighted by molar-refractivity contribution is 0.0993. The molecular formula is C8H11N3O. The minimum Gasteiger partial charge on any atom is -0.364 e. The molecule has 0 fully saturated rings. The van der Waals surface area contributed by atoms with Crippen molar-refractivity contribution in [2.75, 3.05) is 0 Å². The second kappa shape index (κ2) is 3.30. The van der Waals surface area contributed by atoms with Gasteiger partial charge in [0.1, 0.15) is 5.69 Å². The third-order valence-electron chi connectivity index (χ3n) is 1.51. The molecule has 64 valence electrons. The summed E-state index contributed by atoms with van der Waals surface area (Å²) in [6, 6.07) is 0. The third-order valence-corrected chi connectivity index (χ3v) is 1.51. The van der Waals surface area contributed by atoms with Crippen molar-refractivity contribution in [1.29, 1.82) is 0 Å². The van der Waals surface area contributed by atoms with Crippen molar-refractivity contribution in [3.05, 3.63) is 23.8 Å². The van der Waals surface area contributed by atoms with E-state index in [1.807, 2.05) is 13.8 Å². The Kier molecular flexibility index (Phi) is 2.38. The van der Waals surface area contributed by atoms with Crippen LogP contribution in [-0.4, -0.2) is 15.9 Å². The van der Waals surface area contributed by atoms with Crippen LogP contribution in [0.4, 0.5) is 0 Å². The van der Waals surface area contributed by atoms with Gasteiger partial charge in [0, 0.05) is 12.4 Å². The summed E-state index contributed by atoms with van der Waals surface area (Å²) in [7, 11) is 0. The number of aromatic nitrogens is 2. The van der Waals surface area contributed by atoms with Crippen molar-refractivity contribution < 1.29 is 4.79 Å². The molecule has 0 aromatic carbocycles. The standard InChI is InChI=1S/C8H11N3O/c1-5(2)6-7(8(9)12)11-4-3-10-6/h3-5H,1-2H3,(H2,9,12). The van der Waals surface area contributed by atoms with E-state index in [1.54, 1.807) is 6.20 Å². The Balaban J connectivity index is 3.17. The highest BCUT2D eigenvalue weighted by molar-refractivity contribution is 5.91. The van der Waals surface area contributed by atoms with Crippen LogP contribution in [0.25, 0.3) is 0 Å². The molecule has 0 saturated heterocycles. The molecule has 0 atom stereocenters. The molecular weight excluding hydrogens is 154 g/mol. The molecule has 12 heavy (non-hydrogen) atoms. The highest BCUT2D eigenvalue weighted by Gasteiger charge is 2.12. The zero-order valence-corrected chi connectivity index (χ0v) is 7.11. The van der Waals surface area contributed by atoms with E-state index in [9.17, 15) is 4.79 Å². The Morgan fingerprint density at radius 2 is 2.00 bits per heavy atom. The second-order valence-electron chi connectivity index (χ2n) is 2.81. The molecule has 0 saturated carbocycles. The van der Waals surface area contributed by atoms with E-state index in [4.69, 9.17) is 5.73 Å². The van der Waals surface area contributed by atoms with Gasteiger partial charge in [0.15, 0.2) is 0 Å². The lowest BCUT2D eigenvalue weighted by Crippen LogP contribution is -2.17. The molecule has 0 aliphatic carbocycles. The monoisotopic (exact) mass is 165 g/mol. The van der Waals surface area contributed by atoms with Gasteiger partial charge >= 0.3 is 0 Å². The topological polar surface area (TPSA) is 68.9 Å². The zero-order valence-electron chi connectivity index (χ0n) is 7.11. The molecule has 0 radical (unpaired) electrons. The van der Waals surface area contributed by atoms with Crippen LogP contribution in [0.2, 0.25) is 0 Å². The minimum atomic E-state index is -0.521. The smallest absolute Gasteiger partial charge is 0.269 e. The summed E-state index contributed by atoms with van der Waals surface area (Å²) in [6.45, 7) is 3.88. The van der Waals surface area contributed by atoms with Crippen LogP contribution < -0.4 is 5.73 Å². The lowest BCUT2D eigenvalue weighted by atomic mass is 10.1. The van der Waals surface area contributed by atoms with Crippen molar-refractivity contribution in [1.82, 2.24) is 9.97 Å². The van der Waals surface area contributed by atoms with Crippen LogP contribution in [-0.2, 0) is 0 Å². The number of nitrogens with two attached hydrogens (primary N) is 1. The summed E-state index contributed by atoms with van der Waals surface area (Å²) >= 11 is 0. The van der Waals surface area contributed by atoms with Crippen molar-refractivity contribution in [3.8, 4) is 0 Å². The van der Waals surface area contributed by atoms with Crippen LogP contribution in [0.1, 0.15) is 35.9 Å². The van der Waals surface area contributed by atoms with E-state index in [0.29, 0.717) is 5.69 Å². The van der Waals surface area contributed by atoms with E-state index in [2.05, 4.69) is 9.97 Å². The lowest BCUT2D eigenvalue weighted by Gasteiger charge is -2.06. The maximum absolute atomic E-state index is 10.8. The minimum absolute atomic E-state index is 0.168. The van der Waals surface area contributed by atoms with Gasteiger partial charge < -0.3 is 5.73 Å². The normalized spacial score (nSPS) is 10.2.